The predicted octanol–water partition coefficient (Wildman–Crippen LogP) is 1.68. The lowest BCUT2D eigenvalue weighted by atomic mass is 10.2. The van der Waals surface area contributed by atoms with Crippen molar-refractivity contribution >= 4 is 21.6 Å². The number of benzene rings is 1. The Balaban J connectivity index is 2.39. The molecule has 1 aromatic carbocycles. The van der Waals surface area contributed by atoms with E-state index in [2.05, 4.69) is 0 Å². The zero-order valence-electron chi connectivity index (χ0n) is 11.6. The topological polar surface area (TPSA) is 68.6 Å². The molecule has 1 aliphatic heterocycles. The summed E-state index contributed by atoms with van der Waals surface area (Å²) in [5.41, 5.74) is 0.413. The second-order valence-corrected chi connectivity index (χ2v) is 6.46. The number of hydrogen-bond acceptors (Lipinski definition) is 4. The SMILES string of the molecule is COC(C)N1C(=O)c2cccn2S(=O)(=O)c2ccccc21. The number of para-hydroxylation sites is 1. The molecule has 2 heterocycles. The van der Waals surface area contributed by atoms with Gasteiger partial charge in [0.1, 0.15) is 16.8 Å². The van der Waals surface area contributed by atoms with Crippen molar-refractivity contribution in [3.8, 4) is 0 Å². The molecule has 1 amide bonds. The number of carbonyl (C=O) groups excluding carboxylic acids is 1. The first-order valence-corrected chi connectivity index (χ1v) is 7.81. The zero-order chi connectivity index (χ0) is 15.2. The highest BCUT2D eigenvalue weighted by Crippen LogP contribution is 2.33. The molecule has 1 unspecified atom stereocenters. The minimum absolute atomic E-state index is 0.0807. The van der Waals surface area contributed by atoms with E-state index in [9.17, 15) is 13.2 Å². The number of anilines is 1. The van der Waals surface area contributed by atoms with Crippen molar-refractivity contribution in [3.63, 3.8) is 0 Å². The van der Waals surface area contributed by atoms with Gasteiger partial charge in [-0.1, -0.05) is 12.1 Å². The molecule has 0 N–H and O–H groups in total. The van der Waals surface area contributed by atoms with Crippen LogP contribution in [0.2, 0.25) is 0 Å². The van der Waals surface area contributed by atoms with Gasteiger partial charge in [0, 0.05) is 13.3 Å². The maximum absolute atomic E-state index is 12.7. The minimum atomic E-state index is -3.80. The van der Waals surface area contributed by atoms with Crippen molar-refractivity contribution in [1.82, 2.24) is 3.97 Å². The van der Waals surface area contributed by atoms with Gasteiger partial charge in [-0.3, -0.25) is 9.69 Å². The van der Waals surface area contributed by atoms with E-state index in [4.69, 9.17) is 4.74 Å². The fourth-order valence-electron chi connectivity index (χ4n) is 2.42. The third-order valence-electron chi connectivity index (χ3n) is 3.52. The Hall–Kier alpha value is -2.12. The lowest BCUT2D eigenvalue weighted by Gasteiger charge is -2.27. The smallest absolute Gasteiger partial charge is 0.278 e. The van der Waals surface area contributed by atoms with Crippen LogP contribution in [0.25, 0.3) is 0 Å². The molecule has 0 bridgehead atoms. The Bertz CT molecular complexity index is 810. The molecule has 21 heavy (non-hydrogen) atoms. The maximum atomic E-state index is 12.7. The first-order valence-electron chi connectivity index (χ1n) is 6.37. The van der Waals surface area contributed by atoms with Gasteiger partial charge in [-0.2, -0.15) is 0 Å². The monoisotopic (exact) mass is 306 g/mol. The third kappa shape index (κ3) is 1.89. The Kier molecular flexibility index (Phi) is 3.11. The lowest BCUT2D eigenvalue weighted by Crippen LogP contribution is -2.40. The van der Waals surface area contributed by atoms with Crippen LogP contribution in [0.3, 0.4) is 0 Å². The van der Waals surface area contributed by atoms with Gasteiger partial charge in [-0.15, -0.1) is 0 Å². The molecular formula is C14H14N2O4S. The molecule has 6 nitrogen and oxygen atoms in total. The zero-order valence-corrected chi connectivity index (χ0v) is 12.4. The standard InChI is InChI=1S/C14H14N2O4S/c1-10(20-2)16-11-6-3-4-8-13(11)21(18,19)15-9-5-7-12(15)14(16)17/h3-10H,1-2H3. The number of carbonyl (C=O) groups is 1. The Morgan fingerprint density at radius 3 is 2.57 bits per heavy atom. The highest BCUT2D eigenvalue weighted by Gasteiger charge is 2.36. The number of amides is 1. The summed E-state index contributed by atoms with van der Waals surface area (Å²) in [6.07, 6.45) is 0.788. The van der Waals surface area contributed by atoms with Gasteiger partial charge in [0.15, 0.2) is 0 Å². The Labute approximate surface area is 122 Å². The largest absolute Gasteiger partial charge is 0.361 e. The van der Waals surface area contributed by atoms with E-state index in [-0.39, 0.29) is 10.6 Å². The van der Waals surface area contributed by atoms with Gasteiger partial charge in [0.05, 0.1) is 5.69 Å². The molecule has 2 aromatic rings. The summed E-state index contributed by atoms with van der Waals surface area (Å²) in [4.78, 5) is 14.1. The van der Waals surface area contributed by atoms with Crippen LogP contribution in [-0.4, -0.2) is 31.6 Å². The molecule has 0 radical (unpaired) electrons. The third-order valence-corrected chi connectivity index (χ3v) is 5.25. The summed E-state index contributed by atoms with van der Waals surface area (Å²) < 4.78 is 31.7. The normalized spacial score (nSPS) is 17.8. The Morgan fingerprint density at radius 1 is 1.14 bits per heavy atom. The highest BCUT2D eigenvalue weighted by atomic mass is 32.2. The first-order chi connectivity index (χ1) is 9.98. The molecule has 0 spiro atoms. The van der Waals surface area contributed by atoms with E-state index in [0.29, 0.717) is 5.69 Å². The van der Waals surface area contributed by atoms with Gasteiger partial charge >= 0.3 is 0 Å². The number of fused-ring (bicyclic) bond motifs is 2. The number of nitrogens with zero attached hydrogens (tertiary/aromatic N) is 2. The van der Waals surface area contributed by atoms with Gasteiger partial charge in [-0.05, 0) is 31.2 Å². The number of hydrogen-bond donors (Lipinski definition) is 0. The molecule has 1 aliphatic rings. The summed E-state index contributed by atoms with van der Waals surface area (Å²) in [5, 5.41) is 0. The summed E-state index contributed by atoms with van der Waals surface area (Å²) >= 11 is 0. The summed E-state index contributed by atoms with van der Waals surface area (Å²) in [6.45, 7) is 1.69. The van der Waals surface area contributed by atoms with Crippen LogP contribution in [0.5, 0.6) is 0 Å². The fraction of sp³-hybridized carbons (Fsp3) is 0.214. The minimum Gasteiger partial charge on any atom is -0.361 e. The van der Waals surface area contributed by atoms with Crippen molar-refractivity contribution in [1.29, 1.82) is 0 Å². The van der Waals surface area contributed by atoms with E-state index in [1.165, 1.54) is 36.4 Å². The molecule has 0 aliphatic carbocycles. The van der Waals surface area contributed by atoms with Crippen LogP contribution >= 0.6 is 0 Å². The maximum Gasteiger partial charge on any atom is 0.278 e. The number of rotatable bonds is 2. The van der Waals surface area contributed by atoms with Crippen LogP contribution in [-0.2, 0) is 14.8 Å². The van der Waals surface area contributed by atoms with E-state index in [1.807, 2.05) is 0 Å². The van der Waals surface area contributed by atoms with Crippen LogP contribution in [0.4, 0.5) is 5.69 Å². The van der Waals surface area contributed by atoms with Crippen LogP contribution in [0, 0.1) is 0 Å². The molecule has 1 aromatic heterocycles. The number of aromatic nitrogens is 1. The van der Waals surface area contributed by atoms with Crippen LogP contribution < -0.4 is 4.90 Å². The number of ether oxygens (including phenoxy) is 1. The van der Waals surface area contributed by atoms with Crippen molar-refractivity contribution in [2.24, 2.45) is 0 Å². The molecular weight excluding hydrogens is 292 g/mol. The van der Waals surface area contributed by atoms with Crippen molar-refractivity contribution < 1.29 is 17.9 Å². The lowest BCUT2D eigenvalue weighted by molar-refractivity contribution is 0.0797. The molecule has 7 heteroatoms. The average Bonchev–Trinajstić information content (AvgIpc) is 2.95. The van der Waals surface area contributed by atoms with Gasteiger partial charge in [-0.25, -0.2) is 12.4 Å². The molecule has 0 saturated heterocycles. The van der Waals surface area contributed by atoms with Crippen molar-refractivity contribution in [2.45, 2.75) is 18.0 Å². The van der Waals surface area contributed by atoms with E-state index < -0.39 is 22.2 Å². The molecule has 1 atom stereocenters. The summed E-state index contributed by atoms with van der Waals surface area (Å²) in [7, 11) is -2.33. The Morgan fingerprint density at radius 2 is 1.86 bits per heavy atom. The molecule has 3 rings (SSSR count). The molecule has 0 saturated carbocycles. The summed E-state index contributed by atoms with van der Waals surface area (Å²) in [5.74, 6) is -0.414. The van der Waals surface area contributed by atoms with Gasteiger partial charge < -0.3 is 4.74 Å². The van der Waals surface area contributed by atoms with E-state index >= 15 is 0 Å². The quantitative estimate of drug-likeness (QED) is 0.846. The first kappa shape index (κ1) is 13.8. The van der Waals surface area contributed by atoms with Crippen LogP contribution in [0.15, 0.2) is 47.5 Å². The van der Waals surface area contributed by atoms with Gasteiger partial charge in [0.2, 0.25) is 0 Å². The predicted molar refractivity (Wildman–Crippen MR) is 76.7 cm³/mol. The number of methoxy groups -OCH3 is 1. The molecule has 110 valence electrons. The van der Waals surface area contributed by atoms with E-state index in [0.717, 1.165) is 3.97 Å². The fourth-order valence-corrected chi connectivity index (χ4v) is 3.94. The highest BCUT2D eigenvalue weighted by molar-refractivity contribution is 7.90. The molecule has 0 fully saturated rings. The van der Waals surface area contributed by atoms with E-state index in [1.54, 1.807) is 25.1 Å². The van der Waals surface area contributed by atoms with Crippen LogP contribution in [0.1, 0.15) is 17.4 Å². The van der Waals surface area contributed by atoms with Crippen molar-refractivity contribution in [2.75, 3.05) is 12.0 Å². The van der Waals surface area contributed by atoms with Crippen molar-refractivity contribution in [3.05, 3.63) is 48.3 Å². The second kappa shape index (κ2) is 4.71. The average molecular weight is 306 g/mol. The second-order valence-electron chi connectivity index (χ2n) is 4.67. The van der Waals surface area contributed by atoms with Gasteiger partial charge in [0.25, 0.3) is 15.9 Å². The summed E-state index contributed by atoms with van der Waals surface area (Å²) in [6, 6.07) is 9.44.